The molecule has 14 heavy (non-hydrogen) atoms. The van der Waals surface area contributed by atoms with Crippen LogP contribution in [-0.4, -0.2) is 5.75 Å². The standard InChI is InChI=1S/C12H16BrS/c1-12(2,3)9-14(4)11-7-5-10(13)6-8-11/h4-8H,9H2,1-3H3/q-1. The molecule has 0 N–H and O–H groups in total. The molecule has 0 unspecified atom stereocenters. The van der Waals surface area contributed by atoms with Gasteiger partial charge in [-0.1, -0.05) is 54.2 Å². The normalized spacial score (nSPS) is 12.0. The molecule has 2 heteroatoms. The lowest BCUT2D eigenvalue weighted by molar-refractivity contribution is 0.480. The van der Waals surface area contributed by atoms with Gasteiger partial charge in [0, 0.05) is 4.47 Å². The highest BCUT2D eigenvalue weighted by Crippen LogP contribution is 2.19. The molecule has 0 atom stereocenters. The summed E-state index contributed by atoms with van der Waals surface area (Å²) in [5.74, 6) is 1.04. The van der Waals surface area contributed by atoms with E-state index in [1.165, 1.54) is 4.90 Å². The molecule has 0 amide bonds. The first-order valence-corrected chi connectivity index (χ1v) is 6.84. The summed E-state index contributed by atoms with van der Waals surface area (Å²) in [7, 11) is -0.132. The van der Waals surface area contributed by atoms with Crippen LogP contribution >= 0.6 is 15.9 Å². The van der Waals surface area contributed by atoms with E-state index in [4.69, 9.17) is 5.69 Å². The summed E-state index contributed by atoms with van der Waals surface area (Å²) < 4.78 is 1.11. The molecule has 0 aliphatic rings. The molecule has 0 saturated heterocycles. The molecule has 1 aromatic carbocycles. The average Bonchev–Trinajstić information content (AvgIpc) is 2.02. The lowest BCUT2D eigenvalue weighted by atomic mass is 10.0. The zero-order valence-corrected chi connectivity index (χ0v) is 11.3. The Kier molecular flexibility index (Phi) is 3.88. The van der Waals surface area contributed by atoms with Crippen LogP contribution in [0.15, 0.2) is 33.6 Å². The van der Waals surface area contributed by atoms with E-state index >= 15 is 0 Å². The van der Waals surface area contributed by atoms with Gasteiger partial charge in [-0.05, 0) is 12.1 Å². The minimum Gasteiger partial charge on any atom is -0.429 e. The van der Waals surface area contributed by atoms with E-state index in [1.807, 2.05) is 12.1 Å². The molecule has 1 rings (SSSR count). The Morgan fingerprint density at radius 2 is 1.71 bits per heavy atom. The molecular formula is C12H16BrS-. The van der Waals surface area contributed by atoms with E-state index in [-0.39, 0.29) is 10.3 Å². The second-order valence-electron chi connectivity index (χ2n) is 4.59. The van der Waals surface area contributed by atoms with Gasteiger partial charge >= 0.3 is 0 Å². The summed E-state index contributed by atoms with van der Waals surface area (Å²) in [5.41, 5.74) is 6.44. The molecule has 0 aliphatic heterocycles. The summed E-state index contributed by atoms with van der Waals surface area (Å²) in [6.07, 6.45) is 0. The first-order chi connectivity index (χ1) is 6.38. The third-order valence-electron chi connectivity index (χ3n) is 1.70. The Labute approximate surface area is 97.4 Å². The zero-order valence-electron chi connectivity index (χ0n) is 8.88. The summed E-state index contributed by atoms with van der Waals surface area (Å²) in [6, 6.07) is 8.29. The first kappa shape index (κ1) is 11.9. The van der Waals surface area contributed by atoms with Crippen LogP contribution in [0.5, 0.6) is 0 Å². The number of halogens is 1. The third-order valence-corrected chi connectivity index (χ3v) is 4.29. The second kappa shape index (κ2) is 4.57. The highest BCUT2D eigenvalue weighted by atomic mass is 79.9. The zero-order chi connectivity index (χ0) is 10.8. The quantitative estimate of drug-likeness (QED) is 0.625. The molecule has 0 fully saturated rings. The predicted molar refractivity (Wildman–Crippen MR) is 69.0 cm³/mol. The van der Waals surface area contributed by atoms with Gasteiger partial charge in [0.25, 0.3) is 0 Å². The molecule has 0 nitrogen and oxygen atoms in total. The van der Waals surface area contributed by atoms with Crippen molar-refractivity contribution >= 4 is 26.2 Å². The van der Waals surface area contributed by atoms with E-state index in [1.54, 1.807) is 0 Å². The Morgan fingerprint density at radius 3 is 2.14 bits per heavy atom. The summed E-state index contributed by atoms with van der Waals surface area (Å²) >= 11 is 3.42. The van der Waals surface area contributed by atoms with E-state index in [0.29, 0.717) is 5.41 Å². The maximum absolute atomic E-state index is 6.14. The van der Waals surface area contributed by atoms with Crippen LogP contribution in [-0.2, 0) is 10.3 Å². The lowest BCUT2D eigenvalue weighted by Gasteiger charge is -2.29. The van der Waals surface area contributed by atoms with Crippen molar-refractivity contribution in [2.45, 2.75) is 25.7 Å². The fraction of sp³-hybridized carbons (Fsp3) is 0.417. The Hall–Kier alpha value is -0.170. The maximum atomic E-state index is 6.14. The van der Waals surface area contributed by atoms with Gasteiger partial charge in [0.1, 0.15) is 0 Å². The van der Waals surface area contributed by atoms with Crippen molar-refractivity contribution in [2.24, 2.45) is 5.41 Å². The molecule has 0 radical (unpaired) electrons. The second-order valence-corrected chi connectivity index (χ2v) is 7.12. The van der Waals surface area contributed by atoms with E-state index in [0.717, 1.165) is 10.2 Å². The van der Waals surface area contributed by atoms with Gasteiger partial charge in [-0.2, -0.15) is 0 Å². The lowest BCUT2D eigenvalue weighted by Crippen LogP contribution is -2.14. The van der Waals surface area contributed by atoms with E-state index in [9.17, 15) is 0 Å². The van der Waals surface area contributed by atoms with Crippen LogP contribution in [0.1, 0.15) is 20.8 Å². The van der Waals surface area contributed by atoms with Crippen molar-refractivity contribution in [1.82, 2.24) is 0 Å². The highest BCUT2D eigenvalue weighted by Gasteiger charge is 2.04. The van der Waals surface area contributed by atoms with Gasteiger partial charge in [0.05, 0.1) is 0 Å². The van der Waals surface area contributed by atoms with Gasteiger partial charge in [-0.25, -0.2) is 0 Å². The maximum Gasteiger partial charge on any atom is 0.0174 e. The molecular weight excluding hydrogens is 256 g/mol. The number of hydrogen-bond donors (Lipinski definition) is 0. The van der Waals surface area contributed by atoms with Gasteiger partial charge in [0.2, 0.25) is 0 Å². The molecule has 1 aromatic rings. The molecule has 0 heterocycles. The number of rotatable bonds is 0. The largest absolute Gasteiger partial charge is 0.429 e. The van der Waals surface area contributed by atoms with Crippen molar-refractivity contribution in [3.8, 4) is 5.69 Å². The van der Waals surface area contributed by atoms with Crippen LogP contribution < -0.4 is 0 Å². The van der Waals surface area contributed by atoms with Gasteiger partial charge in [-0.15, -0.1) is 10.6 Å². The topological polar surface area (TPSA) is 0 Å². The van der Waals surface area contributed by atoms with Crippen LogP contribution in [0.2, 0.25) is 0 Å². The average molecular weight is 272 g/mol. The minimum absolute atomic E-state index is 0.132. The van der Waals surface area contributed by atoms with Crippen molar-refractivity contribution in [3.63, 3.8) is 0 Å². The van der Waals surface area contributed by atoms with Crippen LogP contribution in [0.4, 0.5) is 0 Å². The first-order valence-electron chi connectivity index (χ1n) is 4.59. The summed E-state index contributed by atoms with van der Waals surface area (Å²) in [5, 5.41) is 0. The molecule has 0 bridgehead atoms. The molecule has 78 valence electrons. The van der Waals surface area contributed by atoms with Crippen molar-refractivity contribution in [2.75, 3.05) is 5.75 Å². The minimum atomic E-state index is -0.132. The predicted octanol–water partition coefficient (Wildman–Crippen LogP) is 4.06. The van der Waals surface area contributed by atoms with Gasteiger partial charge in [0.15, 0.2) is 0 Å². The summed E-state index contributed by atoms with van der Waals surface area (Å²) in [4.78, 5) is 1.24. The Balaban J connectivity index is 2.78. The van der Waals surface area contributed by atoms with Crippen LogP contribution in [0.3, 0.4) is 0 Å². The monoisotopic (exact) mass is 271 g/mol. The molecule has 0 aliphatic carbocycles. The molecule has 0 saturated carbocycles. The SMILES string of the molecule is C#[S-](CC(C)(C)C)c1ccc(Br)cc1. The van der Waals surface area contributed by atoms with Crippen LogP contribution in [0.25, 0.3) is 0 Å². The van der Waals surface area contributed by atoms with Gasteiger partial charge < -0.3 is 16.0 Å². The smallest absolute Gasteiger partial charge is 0.0174 e. The fourth-order valence-corrected chi connectivity index (χ4v) is 3.01. The van der Waals surface area contributed by atoms with E-state index in [2.05, 4.69) is 48.8 Å². The Morgan fingerprint density at radius 1 is 1.21 bits per heavy atom. The molecule has 0 spiro atoms. The van der Waals surface area contributed by atoms with E-state index < -0.39 is 0 Å². The number of hydrogen-bond acceptors (Lipinski definition) is 1. The van der Waals surface area contributed by atoms with Crippen molar-refractivity contribution < 1.29 is 0 Å². The Bertz CT molecular complexity index is 362. The van der Waals surface area contributed by atoms with Crippen molar-refractivity contribution in [3.05, 3.63) is 28.7 Å². The highest BCUT2D eigenvalue weighted by molar-refractivity contribution is 9.10. The molecule has 0 aromatic heterocycles. The van der Waals surface area contributed by atoms with Crippen LogP contribution in [0, 0.1) is 11.1 Å². The van der Waals surface area contributed by atoms with Gasteiger partial charge in [-0.3, -0.25) is 0 Å². The third kappa shape index (κ3) is 3.91. The number of benzene rings is 1. The summed E-state index contributed by atoms with van der Waals surface area (Å²) in [6.45, 7) is 6.66. The van der Waals surface area contributed by atoms with Crippen molar-refractivity contribution in [1.29, 1.82) is 0 Å². The fourth-order valence-electron chi connectivity index (χ4n) is 1.16.